The van der Waals surface area contributed by atoms with Crippen molar-refractivity contribution in [2.45, 2.75) is 38.6 Å². The summed E-state index contributed by atoms with van der Waals surface area (Å²) in [6.45, 7) is 6.51. The van der Waals surface area contributed by atoms with Crippen LogP contribution in [0.2, 0.25) is 0 Å². The summed E-state index contributed by atoms with van der Waals surface area (Å²) in [5.74, 6) is 2.00. The number of hydrogen-bond donors (Lipinski definition) is 0. The third-order valence-corrected chi connectivity index (χ3v) is 5.91. The molecule has 2 nitrogen and oxygen atoms in total. The number of likely N-dealkylation sites (tertiary alicyclic amines) is 2. The van der Waals surface area contributed by atoms with Crippen LogP contribution in [0.1, 0.15) is 37.7 Å². The Hall–Kier alpha value is -0.860. The smallest absolute Gasteiger partial charge is 0.0785 e. The molecular formula is C20H33N2+. The van der Waals surface area contributed by atoms with Gasteiger partial charge in [0.1, 0.15) is 0 Å². The molecule has 2 fully saturated rings. The van der Waals surface area contributed by atoms with E-state index in [1.807, 2.05) is 0 Å². The molecule has 2 aliphatic rings. The fraction of sp³-hybridized carbons (Fsp3) is 0.700. The minimum atomic E-state index is 0.991. The van der Waals surface area contributed by atoms with E-state index in [4.69, 9.17) is 0 Å². The van der Waals surface area contributed by atoms with Crippen molar-refractivity contribution in [3.05, 3.63) is 35.9 Å². The first-order valence-corrected chi connectivity index (χ1v) is 9.19. The van der Waals surface area contributed by atoms with Gasteiger partial charge in [-0.3, -0.25) is 4.90 Å². The molecule has 2 heteroatoms. The lowest BCUT2D eigenvalue weighted by atomic mass is 9.82. The van der Waals surface area contributed by atoms with E-state index in [0.29, 0.717) is 0 Å². The molecule has 122 valence electrons. The van der Waals surface area contributed by atoms with Gasteiger partial charge in [-0.2, -0.15) is 0 Å². The zero-order valence-corrected chi connectivity index (χ0v) is 14.5. The van der Waals surface area contributed by atoms with Gasteiger partial charge in [-0.15, -0.1) is 0 Å². The van der Waals surface area contributed by atoms with Crippen LogP contribution in [0.25, 0.3) is 0 Å². The molecular weight excluding hydrogens is 268 g/mol. The molecule has 0 bridgehead atoms. The third-order valence-electron chi connectivity index (χ3n) is 5.91. The molecule has 0 aliphatic carbocycles. The molecule has 22 heavy (non-hydrogen) atoms. The Balaban J connectivity index is 1.39. The van der Waals surface area contributed by atoms with Crippen molar-refractivity contribution >= 4 is 0 Å². The van der Waals surface area contributed by atoms with E-state index < -0.39 is 0 Å². The van der Waals surface area contributed by atoms with Crippen LogP contribution in [0.5, 0.6) is 0 Å². The quantitative estimate of drug-likeness (QED) is 0.765. The normalized spacial score (nSPS) is 24.5. The summed E-state index contributed by atoms with van der Waals surface area (Å²) in [5.41, 5.74) is 1.47. The lowest BCUT2D eigenvalue weighted by Crippen LogP contribution is -2.46. The summed E-state index contributed by atoms with van der Waals surface area (Å²) in [4.78, 5) is 2.65. The van der Waals surface area contributed by atoms with Gasteiger partial charge < -0.3 is 4.48 Å². The second kappa shape index (κ2) is 7.14. The van der Waals surface area contributed by atoms with Crippen LogP contribution in [-0.4, -0.2) is 49.7 Å². The second-order valence-corrected chi connectivity index (χ2v) is 8.27. The minimum Gasteiger partial charge on any atom is -0.328 e. The Morgan fingerprint density at radius 3 is 2.14 bits per heavy atom. The first kappa shape index (κ1) is 16.0. The summed E-state index contributed by atoms with van der Waals surface area (Å²) >= 11 is 0. The van der Waals surface area contributed by atoms with Crippen LogP contribution in [0, 0.1) is 11.8 Å². The number of quaternary nitrogens is 1. The van der Waals surface area contributed by atoms with E-state index in [9.17, 15) is 0 Å². The summed E-state index contributed by atoms with van der Waals surface area (Å²) < 4.78 is 1.24. The van der Waals surface area contributed by atoms with Crippen molar-refractivity contribution in [3.8, 4) is 0 Å². The van der Waals surface area contributed by atoms with Crippen LogP contribution in [0.3, 0.4) is 0 Å². The molecule has 0 saturated carbocycles. The zero-order valence-electron chi connectivity index (χ0n) is 14.5. The molecule has 2 saturated heterocycles. The van der Waals surface area contributed by atoms with E-state index >= 15 is 0 Å². The maximum Gasteiger partial charge on any atom is 0.0785 e. The summed E-state index contributed by atoms with van der Waals surface area (Å²) in [6.07, 6.45) is 7.25. The van der Waals surface area contributed by atoms with E-state index in [0.717, 1.165) is 18.4 Å². The Labute approximate surface area is 136 Å². The van der Waals surface area contributed by atoms with Crippen LogP contribution >= 0.6 is 0 Å². The SMILES string of the molecule is C[N+]1(C)CCC(CC2CCN(Cc3ccccc3)CC2)CC1. The first-order valence-electron chi connectivity index (χ1n) is 9.19. The van der Waals surface area contributed by atoms with Crippen LogP contribution < -0.4 is 0 Å². The van der Waals surface area contributed by atoms with Crippen molar-refractivity contribution in [3.63, 3.8) is 0 Å². The highest BCUT2D eigenvalue weighted by Gasteiger charge is 2.29. The number of piperidine rings is 2. The largest absolute Gasteiger partial charge is 0.328 e. The Kier molecular flexibility index (Phi) is 5.20. The van der Waals surface area contributed by atoms with Crippen molar-refractivity contribution in [1.82, 2.24) is 4.90 Å². The highest BCUT2D eigenvalue weighted by Crippen LogP contribution is 2.31. The van der Waals surface area contributed by atoms with Gasteiger partial charge in [-0.25, -0.2) is 0 Å². The van der Waals surface area contributed by atoms with E-state index in [2.05, 4.69) is 49.3 Å². The van der Waals surface area contributed by atoms with Gasteiger partial charge in [-0.1, -0.05) is 30.3 Å². The van der Waals surface area contributed by atoms with Crippen LogP contribution in [-0.2, 0) is 6.54 Å². The van der Waals surface area contributed by atoms with E-state index in [1.165, 1.54) is 68.3 Å². The molecule has 0 unspecified atom stereocenters. The van der Waals surface area contributed by atoms with Gasteiger partial charge in [0.25, 0.3) is 0 Å². The van der Waals surface area contributed by atoms with E-state index in [-0.39, 0.29) is 0 Å². The summed E-state index contributed by atoms with van der Waals surface area (Å²) in [5, 5.41) is 0. The molecule has 0 N–H and O–H groups in total. The molecule has 2 heterocycles. The monoisotopic (exact) mass is 301 g/mol. The summed E-state index contributed by atoms with van der Waals surface area (Å²) in [6, 6.07) is 10.9. The fourth-order valence-electron chi connectivity index (χ4n) is 4.25. The maximum atomic E-state index is 2.65. The minimum absolute atomic E-state index is 0.991. The average molecular weight is 301 g/mol. The van der Waals surface area contributed by atoms with Crippen molar-refractivity contribution < 1.29 is 4.48 Å². The van der Waals surface area contributed by atoms with Crippen molar-refractivity contribution in [1.29, 1.82) is 0 Å². The van der Waals surface area contributed by atoms with Gasteiger partial charge >= 0.3 is 0 Å². The highest BCUT2D eigenvalue weighted by atomic mass is 15.3. The van der Waals surface area contributed by atoms with Crippen molar-refractivity contribution in [2.75, 3.05) is 40.3 Å². The highest BCUT2D eigenvalue weighted by molar-refractivity contribution is 5.14. The van der Waals surface area contributed by atoms with Crippen LogP contribution in [0.15, 0.2) is 30.3 Å². The fourth-order valence-corrected chi connectivity index (χ4v) is 4.25. The second-order valence-electron chi connectivity index (χ2n) is 8.27. The third kappa shape index (κ3) is 4.57. The molecule has 0 radical (unpaired) electrons. The molecule has 1 aromatic carbocycles. The summed E-state index contributed by atoms with van der Waals surface area (Å²) in [7, 11) is 4.77. The molecule has 0 atom stereocenters. The van der Waals surface area contributed by atoms with Gasteiger partial charge in [0.05, 0.1) is 27.2 Å². The standard InChI is InChI=1S/C20H33N2/c1-22(2)14-10-19(11-15-22)16-18-8-12-21(13-9-18)17-20-6-4-3-5-7-20/h3-7,18-19H,8-17H2,1-2H3/q+1. The average Bonchev–Trinajstić information content (AvgIpc) is 2.52. The molecule has 0 spiro atoms. The zero-order chi connectivity index (χ0) is 15.4. The Bertz CT molecular complexity index is 436. The van der Waals surface area contributed by atoms with E-state index in [1.54, 1.807) is 0 Å². The topological polar surface area (TPSA) is 3.24 Å². The first-order chi connectivity index (χ1) is 10.6. The number of rotatable bonds is 4. The Morgan fingerprint density at radius 1 is 0.909 bits per heavy atom. The number of benzene rings is 1. The number of nitrogens with zero attached hydrogens (tertiary/aromatic N) is 2. The predicted octanol–water partition coefficient (Wildman–Crippen LogP) is 3.78. The molecule has 0 aromatic heterocycles. The lowest BCUT2D eigenvalue weighted by Gasteiger charge is -2.39. The van der Waals surface area contributed by atoms with Gasteiger partial charge in [0.15, 0.2) is 0 Å². The van der Waals surface area contributed by atoms with Crippen molar-refractivity contribution in [2.24, 2.45) is 11.8 Å². The van der Waals surface area contributed by atoms with Gasteiger partial charge in [-0.05, 0) is 62.6 Å². The molecule has 2 aliphatic heterocycles. The number of hydrogen-bond acceptors (Lipinski definition) is 1. The van der Waals surface area contributed by atoms with Crippen LogP contribution in [0.4, 0.5) is 0 Å². The Morgan fingerprint density at radius 2 is 1.50 bits per heavy atom. The van der Waals surface area contributed by atoms with Gasteiger partial charge in [0, 0.05) is 6.54 Å². The molecule has 1 aromatic rings. The maximum absolute atomic E-state index is 2.65. The molecule has 0 amide bonds. The lowest BCUT2D eigenvalue weighted by molar-refractivity contribution is -0.896. The van der Waals surface area contributed by atoms with Gasteiger partial charge in [0.2, 0.25) is 0 Å². The molecule has 3 rings (SSSR count). The predicted molar refractivity (Wildman–Crippen MR) is 93.6 cm³/mol.